The summed E-state index contributed by atoms with van der Waals surface area (Å²) in [6.45, 7) is 6.42. The summed E-state index contributed by atoms with van der Waals surface area (Å²) < 4.78 is 10.7. The maximum Gasteiger partial charge on any atom is 0.197 e. The van der Waals surface area contributed by atoms with Crippen LogP contribution in [0.2, 0.25) is 0 Å². The molecule has 1 aromatic carbocycles. The van der Waals surface area contributed by atoms with Gasteiger partial charge in [-0.3, -0.25) is 0 Å². The number of hydrogen-bond donors (Lipinski definition) is 1. The molecule has 0 saturated carbocycles. The second-order valence-electron chi connectivity index (χ2n) is 3.69. The molecule has 0 aromatic heterocycles. The molecule has 0 heterocycles. The fraction of sp³-hybridized carbons (Fsp3) is 0.538. The second kappa shape index (κ2) is 6.38. The van der Waals surface area contributed by atoms with Gasteiger partial charge >= 0.3 is 0 Å². The molecular formula is C13H20O3. The Hall–Kier alpha value is -1.22. The van der Waals surface area contributed by atoms with Crippen LogP contribution in [0.3, 0.4) is 0 Å². The van der Waals surface area contributed by atoms with Gasteiger partial charge in [-0.05, 0) is 38.0 Å². The van der Waals surface area contributed by atoms with Crippen molar-refractivity contribution < 1.29 is 14.6 Å². The molecule has 1 atom stereocenters. The molecule has 0 bridgehead atoms. The zero-order valence-corrected chi connectivity index (χ0v) is 10.2. The summed E-state index contributed by atoms with van der Waals surface area (Å²) in [4.78, 5) is 0. The number of phenolic OH excluding ortho intramolecular Hbond substituents is 1. The molecule has 16 heavy (non-hydrogen) atoms. The minimum absolute atomic E-state index is 0.178. The van der Waals surface area contributed by atoms with Crippen molar-refractivity contribution >= 4 is 0 Å². The van der Waals surface area contributed by atoms with E-state index < -0.39 is 0 Å². The Morgan fingerprint density at radius 2 is 2.06 bits per heavy atom. The van der Waals surface area contributed by atoms with Gasteiger partial charge in [0.25, 0.3) is 0 Å². The summed E-state index contributed by atoms with van der Waals surface area (Å²) in [6, 6.07) is 5.50. The molecule has 0 aliphatic carbocycles. The highest BCUT2D eigenvalue weighted by molar-refractivity contribution is 5.41. The molecule has 0 spiro atoms. The average Bonchev–Trinajstić information content (AvgIpc) is 2.23. The lowest BCUT2D eigenvalue weighted by Gasteiger charge is -2.15. The Morgan fingerprint density at radius 3 is 2.62 bits per heavy atom. The first-order valence-corrected chi connectivity index (χ1v) is 5.77. The van der Waals surface area contributed by atoms with Crippen LogP contribution < -0.4 is 4.74 Å². The molecule has 0 aliphatic rings. The summed E-state index contributed by atoms with van der Waals surface area (Å²) >= 11 is 0. The molecule has 3 heteroatoms. The standard InChI is InChI=1S/C13H20O3/c1-4-6-11-7-8-13(12(14)9-11)16-10(3)15-5-2/h7-10,14H,4-6H2,1-3H3. The highest BCUT2D eigenvalue weighted by atomic mass is 16.7. The van der Waals surface area contributed by atoms with Crippen LogP contribution >= 0.6 is 0 Å². The van der Waals surface area contributed by atoms with Crippen molar-refractivity contribution in [3.63, 3.8) is 0 Å². The van der Waals surface area contributed by atoms with E-state index in [0.717, 1.165) is 18.4 Å². The van der Waals surface area contributed by atoms with Crippen LogP contribution in [-0.4, -0.2) is 18.0 Å². The van der Waals surface area contributed by atoms with Gasteiger partial charge in [-0.25, -0.2) is 0 Å². The molecule has 1 rings (SSSR count). The van der Waals surface area contributed by atoms with Gasteiger partial charge < -0.3 is 14.6 Å². The van der Waals surface area contributed by atoms with Crippen molar-refractivity contribution in [1.29, 1.82) is 0 Å². The molecule has 1 aromatic rings. The van der Waals surface area contributed by atoms with Crippen LogP contribution in [-0.2, 0) is 11.2 Å². The summed E-state index contributed by atoms with van der Waals surface area (Å²) in [6.07, 6.45) is 1.69. The van der Waals surface area contributed by atoms with E-state index in [1.54, 1.807) is 12.1 Å². The van der Waals surface area contributed by atoms with E-state index in [1.807, 2.05) is 19.9 Å². The fourth-order valence-corrected chi connectivity index (χ4v) is 1.55. The molecule has 3 nitrogen and oxygen atoms in total. The third-order valence-corrected chi connectivity index (χ3v) is 2.26. The number of aryl methyl sites for hydroxylation is 1. The molecule has 0 aliphatic heterocycles. The SMILES string of the molecule is CCCc1ccc(OC(C)OCC)c(O)c1. The van der Waals surface area contributed by atoms with E-state index in [2.05, 4.69) is 6.92 Å². The Bertz CT molecular complexity index is 323. The summed E-state index contributed by atoms with van der Waals surface area (Å²) in [5, 5.41) is 9.75. The van der Waals surface area contributed by atoms with Crippen molar-refractivity contribution in [2.24, 2.45) is 0 Å². The zero-order chi connectivity index (χ0) is 12.0. The number of hydrogen-bond acceptors (Lipinski definition) is 3. The van der Waals surface area contributed by atoms with Crippen molar-refractivity contribution in [2.75, 3.05) is 6.61 Å². The molecule has 90 valence electrons. The van der Waals surface area contributed by atoms with Gasteiger partial charge in [-0.15, -0.1) is 0 Å². The third kappa shape index (κ3) is 3.74. The van der Waals surface area contributed by atoms with Gasteiger partial charge in [-0.2, -0.15) is 0 Å². The van der Waals surface area contributed by atoms with E-state index in [1.165, 1.54) is 0 Å². The Morgan fingerprint density at radius 1 is 1.31 bits per heavy atom. The lowest BCUT2D eigenvalue weighted by molar-refractivity contribution is -0.0623. The zero-order valence-electron chi connectivity index (χ0n) is 10.2. The lowest BCUT2D eigenvalue weighted by Crippen LogP contribution is -2.15. The van der Waals surface area contributed by atoms with Crippen molar-refractivity contribution in [2.45, 2.75) is 39.9 Å². The maximum absolute atomic E-state index is 9.75. The minimum atomic E-state index is -0.340. The topological polar surface area (TPSA) is 38.7 Å². The van der Waals surface area contributed by atoms with Crippen LogP contribution in [0.25, 0.3) is 0 Å². The van der Waals surface area contributed by atoms with E-state index in [4.69, 9.17) is 9.47 Å². The van der Waals surface area contributed by atoms with Crippen molar-refractivity contribution in [1.82, 2.24) is 0 Å². The predicted octanol–water partition coefficient (Wildman–Crippen LogP) is 3.11. The smallest absolute Gasteiger partial charge is 0.197 e. The predicted molar refractivity (Wildman–Crippen MR) is 63.8 cm³/mol. The first-order chi connectivity index (χ1) is 7.67. The minimum Gasteiger partial charge on any atom is -0.504 e. The van der Waals surface area contributed by atoms with Crippen LogP contribution in [0, 0.1) is 0 Å². The molecule has 0 fully saturated rings. The quantitative estimate of drug-likeness (QED) is 0.754. The largest absolute Gasteiger partial charge is 0.504 e. The number of aromatic hydroxyl groups is 1. The van der Waals surface area contributed by atoms with Crippen LogP contribution in [0.15, 0.2) is 18.2 Å². The molecule has 1 unspecified atom stereocenters. The summed E-state index contributed by atoms with van der Waals surface area (Å²) in [7, 11) is 0. The van der Waals surface area contributed by atoms with Gasteiger partial charge in [0.05, 0.1) is 0 Å². The average molecular weight is 224 g/mol. The maximum atomic E-state index is 9.75. The third-order valence-electron chi connectivity index (χ3n) is 2.26. The van der Waals surface area contributed by atoms with Gasteiger partial charge in [-0.1, -0.05) is 19.4 Å². The summed E-state index contributed by atoms with van der Waals surface area (Å²) in [5.41, 5.74) is 1.12. The summed E-state index contributed by atoms with van der Waals surface area (Å²) in [5.74, 6) is 0.651. The molecule has 0 amide bonds. The highest BCUT2D eigenvalue weighted by Gasteiger charge is 2.08. The van der Waals surface area contributed by atoms with E-state index >= 15 is 0 Å². The van der Waals surface area contributed by atoms with Crippen molar-refractivity contribution in [3.05, 3.63) is 23.8 Å². The Balaban J connectivity index is 2.67. The second-order valence-corrected chi connectivity index (χ2v) is 3.69. The number of phenols is 1. The monoisotopic (exact) mass is 224 g/mol. The normalized spacial score (nSPS) is 12.4. The first kappa shape index (κ1) is 12.8. The Kier molecular flexibility index (Phi) is 5.12. The van der Waals surface area contributed by atoms with Gasteiger partial charge in [0.15, 0.2) is 17.8 Å². The van der Waals surface area contributed by atoms with E-state index in [0.29, 0.717) is 12.4 Å². The lowest BCUT2D eigenvalue weighted by atomic mass is 10.1. The van der Waals surface area contributed by atoms with Crippen LogP contribution in [0.4, 0.5) is 0 Å². The molecule has 1 N–H and O–H groups in total. The van der Waals surface area contributed by atoms with Gasteiger partial charge in [0.1, 0.15) is 0 Å². The molecule has 0 saturated heterocycles. The Labute approximate surface area is 97.0 Å². The van der Waals surface area contributed by atoms with Crippen LogP contribution in [0.5, 0.6) is 11.5 Å². The molecule has 0 radical (unpaired) electrons. The van der Waals surface area contributed by atoms with E-state index in [-0.39, 0.29) is 12.0 Å². The van der Waals surface area contributed by atoms with Crippen LogP contribution in [0.1, 0.15) is 32.8 Å². The molecular weight excluding hydrogens is 204 g/mol. The first-order valence-electron chi connectivity index (χ1n) is 5.77. The fourth-order valence-electron chi connectivity index (χ4n) is 1.55. The number of benzene rings is 1. The van der Waals surface area contributed by atoms with Gasteiger partial charge in [0.2, 0.25) is 0 Å². The highest BCUT2D eigenvalue weighted by Crippen LogP contribution is 2.28. The number of ether oxygens (including phenoxy) is 2. The van der Waals surface area contributed by atoms with Gasteiger partial charge in [0, 0.05) is 6.61 Å². The van der Waals surface area contributed by atoms with E-state index in [9.17, 15) is 5.11 Å². The number of rotatable bonds is 6. The van der Waals surface area contributed by atoms with Crippen molar-refractivity contribution in [3.8, 4) is 11.5 Å².